The summed E-state index contributed by atoms with van der Waals surface area (Å²) in [5, 5.41) is 1.18. The van der Waals surface area contributed by atoms with Crippen molar-refractivity contribution in [1.29, 1.82) is 0 Å². The van der Waals surface area contributed by atoms with E-state index >= 15 is 0 Å². The third-order valence-corrected chi connectivity index (χ3v) is 5.48. The topological polar surface area (TPSA) is 32.3 Å². The first-order valence-corrected chi connectivity index (χ1v) is 8.86. The van der Waals surface area contributed by atoms with Crippen LogP contribution in [-0.2, 0) is 0 Å². The Bertz CT molecular complexity index is 799. The number of anilines is 1. The Labute approximate surface area is 140 Å². The Balaban J connectivity index is 1.74. The van der Waals surface area contributed by atoms with Crippen molar-refractivity contribution >= 4 is 27.4 Å². The Morgan fingerprint density at radius 1 is 1.00 bits per heavy atom. The fourth-order valence-corrected chi connectivity index (χ4v) is 4.10. The summed E-state index contributed by atoms with van der Waals surface area (Å²) < 4.78 is 0. The van der Waals surface area contributed by atoms with Gasteiger partial charge in [-0.05, 0) is 31.6 Å². The number of aromatic nitrogens is 2. The van der Waals surface area contributed by atoms with Crippen LogP contribution < -0.4 is 4.90 Å². The Morgan fingerprint density at radius 2 is 1.87 bits per heavy atom. The lowest BCUT2D eigenvalue weighted by molar-refractivity contribution is 0.360. The molecule has 4 nitrogen and oxygen atoms in total. The summed E-state index contributed by atoms with van der Waals surface area (Å²) in [7, 11) is 2.19. The third kappa shape index (κ3) is 2.94. The SMILES string of the molecule is CN1CCCN(c2ncnc3sc(-c4ccccc4)cc23)CC1. The Hall–Kier alpha value is -1.98. The quantitative estimate of drug-likeness (QED) is 0.722. The number of likely N-dealkylation sites (N-methyl/N-ethyl adjacent to an activating group) is 1. The van der Waals surface area contributed by atoms with Crippen LogP contribution >= 0.6 is 11.3 Å². The number of fused-ring (bicyclic) bond motifs is 1. The average molecular weight is 324 g/mol. The van der Waals surface area contributed by atoms with Crippen molar-refractivity contribution in [1.82, 2.24) is 14.9 Å². The van der Waals surface area contributed by atoms with Crippen molar-refractivity contribution in [3.63, 3.8) is 0 Å². The molecule has 23 heavy (non-hydrogen) atoms. The van der Waals surface area contributed by atoms with E-state index in [-0.39, 0.29) is 0 Å². The number of rotatable bonds is 2. The average Bonchev–Trinajstić information content (AvgIpc) is 2.92. The van der Waals surface area contributed by atoms with E-state index in [1.165, 1.54) is 22.2 Å². The monoisotopic (exact) mass is 324 g/mol. The van der Waals surface area contributed by atoms with E-state index in [1.54, 1.807) is 17.7 Å². The van der Waals surface area contributed by atoms with Gasteiger partial charge in [0.05, 0.1) is 5.39 Å². The van der Waals surface area contributed by atoms with Crippen LogP contribution in [0.15, 0.2) is 42.7 Å². The molecular formula is C18H20N4S. The van der Waals surface area contributed by atoms with E-state index in [0.29, 0.717) is 0 Å². The predicted octanol–water partition coefficient (Wildman–Crippen LogP) is 3.50. The first-order chi connectivity index (χ1) is 11.3. The Kier molecular flexibility index (Phi) is 3.97. The van der Waals surface area contributed by atoms with Gasteiger partial charge in [-0.25, -0.2) is 9.97 Å². The normalized spacial score (nSPS) is 16.7. The highest BCUT2D eigenvalue weighted by atomic mass is 32.1. The summed E-state index contributed by atoms with van der Waals surface area (Å²) in [6, 6.07) is 12.8. The van der Waals surface area contributed by atoms with Gasteiger partial charge in [0, 0.05) is 24.5 Å². The van der Waals surface area contributed by atoms with Gasteiger partial charge in [-0.2, -0.15) is 0 Å². The largest absolute Gasteiger partial charge is 0.355 e. The molecule has 3 heterocycles. The minimum Gasteiger partial charge on any atom is -0.355 e. The molecule has 0 atom stereocenters. The molecule has 1 saturated heterocycles. The lowest BCUT2D eigenvalue weighted by Crippen LogP contribution is -2.29. The van der Waals surface area contributed by atoms with Crippen LogP contribution in [0.1, 0.15) is 6.42 Å². The van der Waals surface area contributed by atoms with Crippen molar-refractivity contribution in [2.45, 2.75) is 6.42 Å². The third-order valence-electron chi connectivity index (χ3n) is 4.39. The van der Waals surface area contributed by atoms with Gasteiger partial charge in [-0.1, -0.05) is 30.3 Å². The van der Waals surface area contributed by atoms with E-state index in [0.717, 1.165) is 36.8 Å². The van der Waals surface area contributed by atoms with Gasteiger partial charge in [-0.15, -0.1) is 11.3 Å². The number of nitrogens with zero attached hydrogens (tertiary/aromatic N) is 4. The number of hydrogen-bond acceptors (Lipinski definition) is 5. The number of thiophene rings is 1. The molecule has 0 bridgehead atoms. The van der Waals surface area contributed by atoms with E-state index in [4.69, 9.17) is 0 Å². The molecule has 1 aliphatic rings. The molecule has 0 radical (unpaired) electrons. The van der Waals surface area contributed by atoms with E-state index < -0.39 is 0 Å². The van der Waals surface area contributed by atoms with Crippen LogP contribution in [0, 0.1) is 0 Å². The molecule has 1 fully saturated rings. The molecule has 0 saturated carbocycles. The molecule has 3 aromatic rings. The van der Waals surface area contributed by atoms with Crippen LogP contribution in [0.25, 0.3) is 20.7 Å². The summed E-state index contributed by atoms with van der Waals surface area (Å²) in [6.45, 7) is 4.33. The summed E-state index contributed by atoms with van der Waals surface area (Å²) in [6.07, 6.45) is 2.88. The maximum absolute atomic E-state index is 4.61. The molecule has 118 valence electrons. The molecule has 1 aromatic carbocycles. The minimum absolute atomic E-state index is 1.03. The van der Waals surface area contributed by atoms with Crippen LogP contribution in [0.5, 0.6) is 0 Å². The van der Waals surface area contributed by atoms with Crippen molar-refractivity contribution in [3.05, 3.63) is 42.7 Å². The van der Waals surface area contributed by atoms with E-state index in [1.807, 2.05) is 0 Å². The molecule has 5 heteroatoms. The summed E-state index contributed by atoms with van der Waals surface area (Å²) in [4.78, 5) is 16.2. The maximum atomic E-state index is 4.61. The second-order valence-corrected chi connectivity index (χ2v) is 7.07. The highest BCUT2D eigenvalue weighted by Gasteiger charge is 2.18. The molecule has 0 aliphatic carbocycles. The number of hydrogen-bond donors (Lipinski definition) is 0. The minimum atomic E-state index is 1.03. The highest BCUT2D eigenvalue weighted by molar-refractivity contribution is 7.21. The molecule has 0 N–H and O–H groups in total. The molecular weight excluding hydrogens is 304 g/mol. The van der Waals surface area contributed by atoms with Gasteiger partial charge in [0.2, 0.25) is 0 Å². The molecule has 0 unspecified atom stereocenters. The molecule has 0 amide bonds. The molecule has 2 aromatic heterocycles. The van der Waals surface area contributed by atoms with Gasteiger partial charge >= 0.3 is 0 Å². The smallest absolute Gasteiger partial charge is 0.140 e. The van der Waals surface area contributed by atoms with Gasteiger partial charge in [-0.3, -0.25) is 0 Å². The van der Waals surface area contributed by atoms with Gasteiger partial charge in [0.25, 0.3) is 0 Å². The molecule has 4 rings (SSSR count). The van der Waals surface area contributed by atoms with E-state index in [9.17, 15) is 0 Å². The second kappa shape index (κ2) is 6.26. The van der Waals surface area contributed by atoms with Gasteiger partial charge < -0.3 is 9.80 Å². The standard InChI is InChI=1S/C18H20N4S/c1-21-8-5-9-22(11-10-21)17-15-12-16(14-6-3-2-4-7-14)23-18(15)20-13-19-17/h2-4,6-7,12-13H,5,8-11H2,1H3. The zero-order valence-corrected chi connectivity index (χ0v) is 14.1. The van der Waals surface area contributed by atoms with Gasteiger partial charge in [0.15, 0.2) is 0 Å². The fraction of sp³-hybridized carbons (Fsp3) is 0.333. The fourth-order valence-electron chi connectivity index (χ4n) is 3.10. The Morgan fingerprint density at radius 3 is 2.74 bits per heavy atom. The lowest BCUT2D eigenvalue weighted by atomic mass is 10.2. The van der Waals surface area contributed by atoms with Crippen LogP contribution in [0.4, 0.5) is 5.82 Å². The van der Waals surface area contributed by atoms with Crippen molar-refractivity contribution in [3.8, 4) is 10.4 Å². The van der Waals surface area contributed by atoms with Crippen LogP contribution in [0.3, 0.4) is 0 Å². The second-order valence-electron chi connectivity index (χ2n) is 6.04. The van der Waals surface area contributed by atoms with Crippen molar-refractivity contribution in [2.24, 2.45) is 0 Å². The van der Waals surface area contributed by atoms with Crippen LogP contribution in [0.2, 0.25) is 0 Å². The van der Waals surface area contributed by atoms with Crippen molar-refractivity contribution < 1.29 is 0 Å². The predicted molar refractivity (Wildman–Crippen MR) is 97.2 cm³/mol. The van der Waals surface area contributed by atoms with E-state index in [2.05, 4.69) is 63.2 Å². The van der Waals surface area contributed by atoms with Crippen molar-refractivity contribution in [2.75, 3.05) is 38.1 Å². The van der Waals surface area contributed by atoms with Gasteiger partial charge in [0.1, 0.15) is 17.0 Å². The van der Waals surface area contributed by atoms with Crippen LogP contribution in [-0.4, -0.2) is 48.1 Å². The summed E-state index contributed by atoms with van der Waals surface area (Å²) in [5.41, 5.74) is 1.25. The zero-order valence-electron chi connectivity index (χ0n) is 13.3. The lowest BCUT2D eigenvalue weighted by Gasteiger charge is -2.21. The summed E-state index contributed by atoms with van der Waals surface area (Å²) >= 11 is 1.75. The highest BCUT2D eigenvalue weighted by Crippen LogP contribution is 2.36. The number of benzene rings is 1. The molecule has 0 spiro atoms. The first kappa shape index (κ1) is 14.6. The maximum Gasteiger partial charge on any atom is 0.140 e. The zero-order chi connectivity index (χ0) is 15.6. The summed E-state index contributed by atoms with van der Waals surface area (Å²) in [5.74, 6) is 1.09. The molecule has 1 aliphatic heterocycles. The first-order valence-electron chi connectivity index (χ1n) is 8.05.